The van der Waals surface area contributed by atoms with Gasteiger partial charge in [-0.2, -0.15) is 0 Å². The average Bonchev–Trinajstić information content (AvgIpc) is 3.05. The molecule has 4 saturated carbocycles. The van der Waals surface area contributed by atoms with Crippen LogP contribution in [0, 0.1) is 0 Å². The maximum Gasteiger partial charge on any atom is 0.0551 e. The number of rotatable bonds is 9. The Morgan fingerprint density at radius 3 is 0.850 bits per heavy atom. The topological polar surface area (TPSA) is 6.48 Å². The first-order valence-corrected chi connectivity index (χ1v) is 17.5. The van der Waals surface area contributed by atoms with E-state index in [1.165, 1.54) is 128 Å². The Hall–Kier alpha value is -1.64. The Balaban J connectivity index is 1.51. The van der Waals surface area contributed by atoms with E-state index in [0.29, 0.717) is 12.1 Å². The minimum Gasteiger partial charge on any atom is -0.289 e. The Kier molecular flexibility index (Phi) is 10.3. The van der Waals surface area contributed by atoms with E-state index in [1.54, 1.807) is 11.1 Å². The first-order valence-electron chi connectivity index (χ1n) is 17.5. The molecule has 218 valence electrons. The molecule has 2 atom stereocenters. The molecule has 0 amide bonds. The van der Waals surface area contributed by atoms with Crippen LogP contribution in [0.3, 0.4) is 0 Å². The van der Waals surface area contributed by atoms with E-state index in [-0.39, 0.29) is 0 Å². The number of hydrogen-bond donors (Lipinski definition) is 0. The molecule has 2 aromatic rings. The fourth-order valence-corrected chi connectivity index (χ4v) is 9.36. The normalized spacial score (nSPS) is 24.4. The van der Waals surface area contributed by atoms with Crippen LogP contribution >= 0.6 is 0 Å². The standard InChI is InChI=1S/C38H56N2/c1-7-19-31(20-8-1)37(39(33-23-11-3-12-24-33)34-25-13-4-14-26-34)38(32-21-9-2-10-22-32)40(35-27-15-5-16-28-35)36-29-17-6-18-30-36/h1-2,7-10,19-22,33-38H,3-6,11-18,23-30H2/t37-,38-/m1/s1. The molecule has 0 heterocycles. The Morgan fingerprint density at radius 2 is 0.600 bits per heavy atom. The first-order chi connectivity index (χ1) is 19.9. The van der Waals surface area contributed by atoms with E-state index in [4.69, 9.17) is 0 Å². The van der Waals surface area contributed by atoms with Crippen molar-refractivity contribution in [3.8, 4) is 0 Å². The van der Waals surface area contributed by atoms with Crippen molar-refractivity contribution < 1.29 is 0 Å². The monoisotopic (exact) mass is 540 g/mol. The van der Waals surface area contributed by atoms with Crippen LogP contribution in [0.15, 0.2) is 60.7 Å². The molecule has 0 aromatic heterocycles. The van der Waals surface area contributed by atoms with Gasteiger partial charge in [0.25, 0.3) is 0 Å². The highest BCUT2D eigenvalue weighted by atomic mass is 15.3. The lowest BCUT2D eigenvalue weighted by Gasteiger charge is -2.54. The lowest BCUT2D eigenvalue weighted by molar-refractivity contribution is -0.0483. The van der Waals surface area contributed by atoms with Gasteiger partial charge in [-0.1, -0.05) is 138 Å². The lowest BCUT2D eigenvalue weighted by Crippen LogP contribution is -2.55. The van der Waals surface area contributed by atoms with Gasteiger partial charge in [-0.3, -0.25) is 9.80 Å². The van der Waals surface area contributed by atoms with Gasteiger partial charge >= 0.3 is 0 Å². The second-order valence-corrected chi connectivity index (χ2v) is 13.8. The zero-order valence-corrected chi connectivity index (χ0v) is 25.3. The molecule has 4 fully saturated rings. The molecule has 4 aliphatic rings. The average molecular weight is 541 g/mol. The Labute approximate surface area is 245 Å². The van der Waals surface area contributed by atoms with Crippen molar-refractivity contribution in [1.29, 1.82) is 0 Å². The van der Waals surface area contributed by atoms with Gasteiger partial charge in [-0.15, -0.1) is 0 Å². The van der Waals surface area contributed by atoms with Gasteiger partial charge < -0.3 is 0 Å². The smallest absolute Gasteiger partial charge is 0.0551 e. The van der Waals surface area contributed by atoms with E-state index in [1.807, 2.05) is 0 Å². The van der Waals surface area contributed by atoms with Gasteiger partial charge in [0.05, 0.1) is 12.1 Å². The van der Waals surface area contributed by atoms with Crippen LogP contribution in [0.5, 0.6) is 0 Å². The van der Waals surface area contributed by atoms with Gasteiger partial charge in [0.2, 0.25) is 0 Å². The highest BCUT2D eigenvalue weighted by Crippen LogP contribution is 2.48. The third kappa shape index (κ3) is 6.70. The van der Waals surface area contributed by atoms with Crippen LogP contribution in [0.1, 0.15) is 152 Å². The minimum atomic E-state index is 0.429. The quantitative estimate of drug-likeness (QED) is 0.312. The van der Waals surface area contributed by atoms with Crippen molar-refractivity contribution in [2.45, 2.75) is 165 Å². The summed E-state index contributed by atoms with van der Waals surface area (Å²) in [6.45, 7) is 0. The van der Waals surface area contributed by atoms with Gasteiger partial charge in [0.15, 0.2) is 0 Å². The summed E-state index contributed by atoms with van der Waals surface area (Å²) in [6, 6.07) is 27.6. The number of hydrogen-bond acceptors (Lipinski definition) is 2. The molecule has 4 aliphatic carbocycles. The summed E-state index contributed by atoms with van der Waals surface area (Å²) in [5.74, 6) is 0. The molecule has 2 heteroatoms. The van der Waals surface area contributed by atoms with Crippen molar-refractivity contribution in [1.82, 2.24) is 9.80 Å². The van der Waals surface area contributed by atoms with Gasteiger partial charge in [-0.05, 0) is 62.5 Å². The zero-order valence-electron chi connectivity index (χ0n) is 25.3. The maximum atomic E-state index is 3.18. The fourth-order valence-electron chi connectivity index (χ4n) is 9.36. The number of nitrogens with zero attached hydrogens (tertiary/aromatic N) is 2. The summed E-state index contributed by atoms with van der Waals surface area (Å²) in [4.78, 5) is 6.37. The second kappa shape index (κ2) is 14.5. The first kappa shape index (κ1) is 28.5. The summed E-state index contributed by atoms with van der Waals surface area (Å²) < 4.78 is 0. The van der Waals surface area contributed by atoms with E-state index in [2.05, 4.69) is 70.5 Å². The highest BCUT2D eigenvalue weighted by molar-refractivity contribution is 5.29. The SMILES string of the molecule is c1ccc([C@H]([C@@H](c2ccccc2)N(C2CCCCC2)C2CCCCC2)N(C2CCCCC2)C2CCCCC2)cc1. The molecule has 0 N–H and O–H groups in total. The third-order valence-corrected chi connectivity index (χ3v) is 11.2. The van der Waals surface area contributed by atoms with Crippen molar-refractivity contribution in [2.75, 3.05) is 0 Å². The summed E-state index contributed by atoms with van der Waals surface area (Å²) >= 11 is 0. The molecular formula is C38H56N2. The molecule has 6 rings (SSSR count). The summed E-state index contributed by atoms with van der Waals surface area (Å²) in [6.07, 6.45) is 28.2. The molecule has 0 spiro atoms. The van der Waals surface area contributed by atoms with Crippen molar-refractivity contribution in [2.24, 2.45) is 0 Å². The zero-order chi connectivity index (χ0) is 27.0. The molecule has 2 nitrogen and oxygen atoms in total. The molecule has 0 aliphatic heterocycles. The van der Waals surface area contributed by atoms with Crippen molar-refractivity contribution in [3.05, 3.63) is 71.8 Å². The van der Waals surface area contributed by atoms with Crippen LogP contribution in [-0.4, -0.2) is 34.0 Å². The van der Waals surface area contributed by atoms with Gasteiger partial charge in [-0.25, -0.2) is 0 Å². The molecule has 40 heavy (non-hydrogen) atoms. The fraction of sp³-hybridized carbons (Fsp3) is 0.684. The third-order valence-electron chi connectivity index (χ3n) is 11.2. The molecule has 0 unspecified atom stereocenters. The van der Waals surface area contributed by atoms with E-state index in [9.17, 15) is 0 Å². The summed E-state index contributed by atoms with van der Waals surface area (Å²) in [5.41, 5.74) is 3.15. The Bertz CT molecular complexity index is 848. The predicted octanol–water partition coefficient (Wildman–Crippen LogP) is 10.4. The lowest BCUT2D eigenvalue weighted by atomic mass is 9.79. The second-order valence-electron chi connectivity index (χ2n) is 13.8. The van der Waals surface area contributed by atoms with E-state index >= 15 is 0 Å². The molecule has 2 aromatic carbocycles. The van der Waals surface area contributed by atoms with Crippen LogP contribution in [0.4, 0.5) is 0 Å². The molecular weight excluding hydrogens is 484 g/mol. The molecule has 0 radical (unpaired) electrons. The van der Waals surface area contributed by atoms with Gasteiger partial charge in [0, 0.05) is 24.2 Å². The van der Waals surface area contributed by atoms with Crippen LogP contribution < -0.4 is 0 Å². The Morgan fingerprint density at radius 1 is 0.350 bits per heavy atom. The minimum absolute atomic E-state index is 0.429. The molecule has 0 bridgehead atoms. The summed E-state index contributed by atoms with van der Waals surface area (Å²) in [7, 11) is 0. The van der Waals surface area contributed by atoms with Crippen molar-refractivity contribution >= 4 is 0 Å². The number of benzene rings is 2. The van der Waals surface area contributed by atoms with Crippen molar-refractivity contribution in [3.63, 3.8) is 0 Å². The predicted molar refractivity (Wildman–Crippen MR) is 170 cm³/mol. The van der Waals surface area contributed by atoms with E-state index in [0.717, 1.165) is 24.2 Å². The van der Waals surface area contributed by atoms with E-state index < -0.39 is 0 Å². The maximum absolute atomic E-state index is 3.18. The van der Waals surface area contributed by atoms with Crippen LogP contribution in [-0.2, 0) is 0 Å². The van der Waals surface area contributed by atoms with Crippen LogP contribution in [0.2, 0.25) is 0 Å². The van der Waals surface area contributed by atoms with Gasteiger partial charge in [0.1, 0.15) is 0 Å². The highest BCUT2D eigenvalue weighted by Gasteiger charge is 2.45. The largest absolute Gasteiger partial charge is 0.289 e. The van der Waals surface area contributed by atoms with Crippen LogP contribution in [0.25, 0.3) is 0 Å². The summed E-state index contributed by atoms with van der Waals surface area (Å²) in [5, 5.41) is 0. The molecule has 0 saturated heterocycles.